The third-order valence-electron chi connectivity index (χ3n) is 4.60. The Morgan fingerprint density at radius 3 is 2.62 bits per heavy atom. The Morgan fingerprint density at radius 2 is 1.92 bits per heavy atom. The van der Waals surface area contributed by atoms with Gasteiger partial charge in [-0.1, -0.05) is 18.2 Å². The largest absolute Gasteiger partial charge is 0.497 e. The molecule has 0 saturated carbocycles. The predicted molar refractivity (Wildman–Crippen MR) is 96.6 cm³/mol. The van der Waals surface area contributed by atoms with Crippen molar-refractivity contribution in [3.05, 3.63) is 53.6 Å². The van der Waals surface area contributed by atoms with Crippen molar-refractivity contribution < 1.29 is 17.9 Å². The number of benzene rings is 2. The summed E-state index contributed by atoms with van der Waals surface area (Å²) >= 11 is 0. The Kier molecular flexibility index (Phi) is 5.16. The van der Waals surface area contributed by atoms with E-state index < -0.39 is 10.0 Å². The molecule has 136 valence electrons. The third-order valence-corrected chi connectivity index (χ3v) is 6.56. The minimum Gasteiger partial charge on any atom is -0.497 e. The Balaban J connectivity index is 2.05. The van der Waals surface area contributed by atoms with Crippen LogP contribution in [0.4, 0.5) is 0 Å². The highest BCUT2D eigenvalue weighted by Crippen LogP contribution is 2.41. The molecule has 1 aliphatic heterocycles. The van der Waals surface area contributed by atoms with E-state index in [1.807, 2.05) is 12.1 Å². The first-order valence-corrected chi connectivity index (χ1v) is 9.70. The number of ether oxygens (including phenoxy) is 2. The van der Waals surface area contributed by atoms with E-state index in [-0.39, 0.29) is 16.5 Å². The van der Waals surface area contributed by atoms with Crippen molar-refractivity contribution in [2.45, 2.75) is 23.8 Å². The highest BCUT2D eigenvalue weighted by molar-refractivity contribution is 7.89. The summed E-state index contributed by atoms with van der Waals surface area (Å²) in [5.41, 5.74) is 0.948. The van der Waals surface area contributed by atoms with Gasteiger partial charge in [0.05, 0.1) is 30.7 Å². The zero-order chi connectivity index (χ0) is 18.7. The summed E-state index contributed by atoms with van der Waals surface area (Å²) in [7, 11) is -0.674. The van der Waals surface area contributed by atoms with Crippen LogP contribution in [0.5, 0.6) is 11.5 Å². The second-order valence-electron chi connectivity index (χ2n) is 5.99. The van der Waals surface area contributed by atoms with Crippen LogP contribution < -0.4 is 9.47 Å². The fraction of sp³-hybridized carbons (Fsp3) is 0.316. The van der Waals surface area contributed by atoms with E-state index in [1.54, 1.807) is 38.5 Å². The molecule has 6 nitrogen and oxygen atoms in total. The van der Waals surface area contributed by atoms with Gasteiger partial charge in [-0.25, -0.2) is 8.42 Å². The predicted octanol–water partition coefficient (Wildman–Crippen LogP) is 3.10. The lowest BCUT2D eigenvalue weighted by Gasteiger charge is -2.26. The van der Waals surface area contributed by atoms with Crippen molar-refractivity contribution in [3.8, 4) is 17.6 Å². The molecule has 2 aromatic carbocycles. The van der Waals surface area contributed by atoms with Gasteiger partial charge >= 0.3 is 0 Å². The van der Waals surface area contributed by atoms with Gasteiger partial charge in [-0.2, -0.15) is 9.57 Å². The zero-order valence-corrected chi connectivity index (χ0v) is 15.5. The van der Waals surface area contributed by atoms with Gasteiger partial charge in [0, 0.05) is 18.2 Å². The molecule has 0 amide bonds. The number of hydrogen-bond acceptors (Lipinski definition) is 5. The number of methoxy groups -OCH3 is 2. The molecule has 1 aliphatic rings. The molecule has 3 rings (SSSR count). The normalized spacial score (nSPS) is 17.7. The molecule has 0 aliphatic carbocycles. The van der Waals surface area contributed by atoms with E-state index in [0.29, 0.717) is 24.5 Å². The van der Waals surface area contributed by atoms with E-state index in [1.165, 1.54) is 16.4 Å². The summed E-state index contributed by atoms with van der Waals surface area (Å²) in [4.78, 5) is 0.0434. The average Bonchev–Trinajstić information content (AvgIpc) is 3.17. The maximum atomic E-state index is 13.2. The van der Waals surface area contributed by atoms with Crippen molar-refractivity contribution in [2.24, 2.45) is 0 Å². The fourth-order valence-electron chi connectivity index (χ4n) is 3.34. The van der Waals surface area contributed by atoms with Gasteiger partial charge < -0.3 is 9.47 Å². The Morgan fingerprint density at radius 1 is 1.15 bits per heavy atom. The van der Waals surface area contributed by atoms with Crippen LogP contribution in [0, 0.1) is 11.3 Å². The van der Waals surface area contributed by atoms with Gasteiger partial charge in [-0.3, -0.25) is 0 Å². The Labute approximate surface area is 153 Å². The quantitative estimate of drug-likeness (QED) is 0.806. The van der Waals surface area contributed by atoms with Gasteiger partial charge in [-0.15, -0.1) is 0 Å². The van der Waals surface area contributed by atoms with Crippen LogP contribution in [-0.2, 0) is 10.0 Å². The maximum Gasteiger partial charge on any atom is 0.244 e. The Hall–Kier alpha value is -2.56. The summed E-state index contributed by atoms with van der Waals surface area (Å²) in [6.45, 7) is 0.405. The summed E-state index contributed by atoms with van der Waals surface area (Å²) in [5.74, 6) is 1.23. The molecule has 1 saturated heterocycles. The SMILES string of the molecule is COc1ccc([C@@H]2CCCN2S(=O)(=O)c2ccccc2C#N)c(OC)c1. The van der Waals surface area contributed by atoms with Crippen molar-refractivity contribution in [1.82, 2.24) is 4.31 Å². The Bertz CT molecular complexity index is 950. The van der Waals surface area contributed by atoms with Crippen molar-refractivity contribution in [3.63, 3.8) is 0 Å². The highest BCUT2D eigenvalue weighted by atomic mass is 32.2. The summed E-state index contributed by atoms with van der Waals surface area (Å²) < 4.78 is 38.6. The number of rotatable bonds is 5. The second kappa shape index (κ2) is 7.36. The van der Waals surface area contributed by atoms with Gasteiger partial charge in [0.15, 0.2) is 0 Å². The third kappa shape index (κ3) is 3.14. The number of nitrogens with zero attached hydrogens (tertiary/aromatic N) is 2. The van der Waals surface area contributed by atoms with E-state index in [4.69, 9.17) is 9.47 Å². The summed E-state index contributed by atoms with van der Waals surface area (Å²) in [5, 5.41) is 9.28. The molecule has 0 bridgehead atoms. The lowest BCUT2D eigenvalue weighted by molar-refractivity contribution is 0.361. The van der Waals surface area contributed by atoms with Crippen LogP contribution in [0.3, 0.4) is 0 Å². The standard InChI is InChI=1S/C19H20N2O4S/c1-24-15-9-10-16(18(12-15)25-2)17-7-5-11-21(17)26(22,23)19-8-4-3-6-14(19)13-20/h3-4,6,8-10,12,17H,5,7,11H2,1-2H3/t17-/m0/s1. The molecule has 0 spiro atoms. The van der Waals surface area contributed by atoms with Crippen LogP contribution >= 0.6 is 0 Å². The molecule has 0 unspecified atom stereocenters. The van der Waals surface area contributed by atoms with Crippen LogP contribution in [0.1, 0.15) is 30.0 Å². The van der Waals surface area contributed by atoms with Crippen LogP contribution in [0.15, 0.2) is 47.4 Å². The molecule has 26 heavy (non-hydrogen) atoms. The molecule has 0 aromatic heterocycles. The van der Waals surface area contributed by atoms with Gasteiger partial charge in [0.25, 0.3) is 0 Å². The smallest absolute Gasteiger partial charge is 0.244 e. The number of nitriles is 1. The second-order valence-corrected chi connectivity index (χ2v) is 7.85. The van der Waals surface area contributed by atoms with Gasteiger partial charge in [-0.05, 0) is 31.0 Å². The van der Waals surface area contributed by atoms with Crippen molar-refractivity contribution >= 4 is 10.0 Å². The summed E-state index contributed by atoms with van der Waals surface area (Å²) in [6, 6.07) is 13.3. The first kappa shape index (κ1) is 18.2. The number of sulfonamides is 1. The molecular formula is C19H20N2O4S. The molecule has 1 fully saturated rings. The van der Waals surface area contributed by atoms with Crippen LogP contribution in [-0.4, -0.2) is 33.5 Å². The van der Waals surface area contributed by atoms with E-state index >= 15 is 0 Å². The molecule has 7 heteroatoms. The molecular weight excluding hydrogens is 352 g/mol. The number of hydrogen-bond donors (Lipinski definition) is 0. The lowest BCUT2D eigenvalue weighted by atomic mass is 10.0. The van der Waals surface area contributed by atoms with Crippen LogP contribution in [0.25, 0.3) is 0 Å². The maximum absolute atomic E-state index is 13.2. The monoisotopic (exact) mass is 372 g/mol. The van der Waals surface area contributed by atoms with E-state index in [0.717, 1.165) is 12.0 Å². The first-order valence-electron chi connectivity index (χ1n) is 8.26. The van der Waals surface area contributed by atoms with Gasteiger partial charge in [0.2, 0.25) is 10.0 Å². The van der Waals surface area contributed by atoms with Crippen LogP contribution in [0.2, 0.25) is 0 Å². The van der Waals surface area contributed by atoms with Crippen molar-refractivity contribution in [2.75, 3.05) is 20.8 Å². The minimum atomic E-state index is -3.80. The molecule has 0 N–H and O–H groups in total. The average molecular weight is 372 g/mol. The lowest BCUT2D eigenvalue weighted by Crippen LogP contribution is -2.31. The van der Waals surface area contributed by atoms with Gasteiger partial charge in [0.1, 0.15) is 17.6 Å². The minimum absolute atomic E-state index is 0.0434. The van der Waals surface area contributed by atoms with E-state index in [2.05, 4.69) is 0 Å². The van der Waals surface area contributed by atoms with Crippen molar-refractivity contribution in [1.29, 1.82) is 5.26 Å². The molecule has 1 atom stereocenters. The summed E-state index contributed by atoms with van der Waals surface area (Å²) in [6.07, 6.45) is 1.43. The molecule has 0 radical (unpaired) electrons. The topological polar surface area (TPSA) is 79.6 Å². The highest BCUT2D eigenvalue weighted by Gasteiger charge is 2.38. The fourth-order valence-corrected chi connectivity index (χ4v) is 5.16. The van der Waals surface area contributed by atoms with E-state index in [9.17, 15) is 13.7 Å². The molecule has 2 aromatic rings. The first-order chi connectivity index (χ1) is 12.5. The zero-order valence-electron chi connectivity index (χ0n) is 14.7. The molecule has 1 heterocycles.